The van der Waals surface area contributed by atoms with Crippen LogP contribution in [-0.4, -0.2) is 65.6 Å². The van der Waals surface area contributed by atoms with E-state index in [0.717, 1.165) is 25.5 Å². The Morgan fingerprint density at radius 3 is 2.60 bits per heavy atom. The number of aryl methyl sites for hydroxylation is 1. The van der Waals surface area contributed by atoms with Crippen molar-refractivity contribution in [2.75, 3.05) is 33.2 Å². The van der Waals surface area contributed by atoms with E-state index in [4.69, 9.17) is 4.74 Å². The van der Waals surface area contributed by atoms with Crippen LogP contribution in [0.25, 0.3) is 0 Å². The Kier molecular flexibility index (Phi) is 8.80. The van der Waals surface area contributed by atoms with Crippen LogP contribution in [-0.2, 0) is 11.3 Å². The Hall–Kier alpha value is -2.25. The van der Waals surface area contributed by atoms with Gasteiger partial charge in [-0.25, -0.2) is 4.79 Å². The molecule has 0 aliphatic rings. The summed E-state index contributed by atoms with van der Waals surface area (Å²) in [6.07, 6.45) is 4.38. The van der Waals surface area contributed by atoms with Gasteiger partial charge in [-0.2, -0.15) is 5.10 Å². The summed E-state index contributed by atoms with van der Waals surface area (Å²) in [6.45, 7) is 11.0. The molecule has 0 aliphatic carbocycles. The molecule has 0 saturated heterocycles. The van der Waals surface area contributed by atoms with Crippen molar-refractivity contribution < 1.29 is 9.53 Å². The molecule has 25 heavy (non-hydrogen) atoms. The Morgan fingerprint density at radius 2 is 2.04 bits per heavy atom. The summed E-state index contributed by atoms with van der Waals surface area (Å²) in [5.74, 6) is 0.723. The molecule has 1 heterocycles. The molecule has 0 spiro atoms. The fourth-order valence-corrected chi connectivity index (χ4v) is 2.12. The third-order valence-electron chi connectivity index (χ3n) is 3.35. The van der Waals surface area contributed by atoms with Crippen molar-refractivity contribution in [3.05, 3.63) is 18.5 Å². The molecule has 0 bridgehead atoms. The third kappa shape index (κ3) is 8.97. The van der Waals surface area contributed by atoms with Crippen molar-refractivity contribution in [3.8, 4) is 0 Å². The summed E-state index contributed by atoms with van der Waals surface area (Å²) in [7, 11) is 1.73. The van der Waals surface area contributed by atoms with Crippen molar-refractivity contribution in [3.63, 3.8) is 0 Å². The number of carbonyl (C=O) groups is 1. The lowest BCUT2D eigenvalue weighted by Crippen LogP contribution is -2.44. The monoisotopic (exact) mass is 352 g/mol. The highest BCUT2D eigenvalue weighted by molar-refractivity contribution is 5.79. The normalized spacial score (nSPS) is 12.0. The molecule has 0 fully saturated rings. The van der Waals surface area contributed by atoms with Gasteiger partial charge in [0.2, 0.25) is 0 Å². The Morgan fingerprint density at radius 1 is 1.32 bits per heavy atom. The number of hydrogen-bond donors (Lipinski definition) is 2. The smallest absolute Gasteiger partial charge is 0.410 e. The van der Waals surface area contributed by atoms with E-state index in [-0.39, 0.29) is 6.09 Å². The minimum atomic E-state index is -0.482. The molecule has 1 amide bonds. The van der Waals surface area contributed by atoms with Gasteiger partial charge in [0.15, 0.2) is 5.96 Å². The summed E-state index contributed by atoms with van der Waals surface area (Å²) >= 11 is 0. The molecule has 0 unspecified atom stereocenters. The van der Waals surface area contributed by atoms with Gasteiger partial charge in [0.05, 0.1) is 0 Å². The summed E-state index contributed by atoms with van der Waals surface area (Å²) < 4.78 is 7.30. The van der Waals surface area contributed by atoms with E-state index in [9.17, 15) is 4.79 Å². The first-order valence-electron chi connectivity index (χ1n) is 8.75. The van der Waals surface area contributed by atoms with Gasteiger partial charge in [-0.1, -0.05) is 0 Å². The molecule has 1 rings (SSSR count). The lowest BCUT2D eigenvalue weighted by molar-refractivity contribution is 0.0264. The number of aliphatic imine (C=N–C) groups is 1. The zero-order valence-electron chi connectivity index (χ0n) is 16.1. The number of likely N-dealkylation sites (N-methyl/N-ethyl adjacent to an activating group) is 1. The molecule has 0 atom stereocenters. The van der Waals surface area contributed by atoms with Crippen molar-refractivity contribution in [2.24, 2.45) is 4.99 Å². The number of guanidine groups is 1. The number of carbonyl (C=O) groups excluding carboxylic acids is 1. The summed E-state index contributed by atoms with van der Waals surface area (Å²) in [6, 6.07) is 1.91. The maximum Gasteiger partial charge on any atom is 0.410 e. The van der Waals surface area contributed by atoms with E-state index in [1.54, 1.807) is 18.1 Å². The maximum absolute atomic E-state index is 12.1. The van der Waals surface area contributed by atoms with Gasteiger partial charge >= 0.3 is 6.09 Å². The lowest BCUT2D eigenvalue weighted by atomic mass is 10.2. The molecule has 0 radical (unpaired) electrons. The molecule has 0 aromatic carbocycles. The van der Waals surface area contributed by atoms with Crippen molar-refractivity contribution in [2.45, 2.75) is 46.3 Å². The zero-order valence-corrected chi connectivity index (χ0v) is 16.1. The number of ether oxygens (including phenoxy) is 1. The fourth-order valence-electron chi connectivity index (χ4n) is 2.12. The van der Waals surface area contributed by atoms with Crippen molar-refractivity contribution in [1.29, 1.82) is 0 Å². The van der Waals surface area contributed by atoms with E-state index in [1.165, 1.54) is 0 Å². The highest BCUT2D eigenvalue weighted by atomic mass is 16.6. The second kappa shape index (κ2) is 10.6. The van der Waals surface area contributed by atoms with Crippen LogP contribution in [0.5, 0.6) is 0 Å². The van der Waals surface area contributed by atoms with Gasteiger partial charge in [-0.15, -0.1) is 0 Å². The second-order valence-electron chi connectivity index (χ2n) is 6.61. The topological polar surface area (TPSA) is 83.8 Å². The molecule has 2 N–H and O–H groups in total. The van der Waals surface area contributed by atoms with E-state index in [0.29, 0.717) is 19.6 Å². The highest BCUT2D eigenvalue weighted by Crippen LogP contribution is 2.09. The lowest BCUT2D eigenvalue weighted by Gasteiger charge is -2.26. The molecular weight excluding hydrogens is 320 g/mol. The van der Waals surface area contributed by atoms with Crippen LogP contribution in [0.4, 0.5) is 4.79 Å². The first-order chi connectivity index (χ1) is 11.9. The minimum absolute atomic E-state index is 0.293. The van der Waals surface area contributed by atoms with Crippen LogP contribution in [0.15, 0.2) is 23.5 Å². The van der Waals surface area contributed by atoms with Gasteiger partial charge in [-0.3, -0.25) is 9.67 Å². The second-order valence-corrected chi connectivity index (χ2v) is 6.61. The Balaban J connectivity index is 2.25. The van der Waals surface area contributed by atoms with Crippen molar-refractivity contribution in [1.82, 2.24) is 25.3 Å². The number of hydrogen-bond acceptors (Lipinski definition) is 4. The summed E-state index contributed by atoms with van der Waals surface area (Å²) in [4.78, 5) is 17.9. The molecular formula is C17H32N6O2. The van der Waals surface area contributed by atoms with Gasteiger partial charge in [-0.05, 0) is 40.2 Å². The largest absolute Gasteiger partial charge is 0.444 e. The molecule has 1 aromatic heterocycles. The van der Waals surface area contributed by atoms with E-state index in [1.807, 2.05) is 44.6 Å². The fraction of sp³-hybridized carbons (Fsp3) is 0.706. The maximum atomic E-state index is 12.1. The highest BCUT2D eigenvalue weighted by Gasteiger charge is 2.20. The van der Waals surface area contributed by atoms with Gasteiger partial charge in [0.25, 0.3) is 0 Å². The van der Waals surface area contributed by atoms with Gasteiger partial charge < -0.3 is 20.3 Å². The van der Waals surface area contributed by atoms with E-state index in [2.05, 4.69) is 20.7 Å². The molecule has 8 heteroatoms. The molecule has 142 valence electrons. The average molecular weight is 352 g/mol. The van der Waals surface area contributed by atoms with E-state index < -0.39 is 5.60 Å². The number of amides is 1. The Bertz CT molecular complexity index is 522. The summed E-state index contributed by atoms with van der Waals surface area (Å²) in [5.41, 5.74) is -0.482. The predicted molar refractivity (Wildman–Crippen MR) is 99.7 cm³/mol. The third-order valence-corrected chi connectivity index (χ3v) is 3.35. The van der Waals surface area contributed by atoms with Crippen LogP contribution < -0.4 is 10.6 Å². The number of rotatable bonds is 8. The van der Waals surface area contributed by atoms with Crippen LogP contribution in [0.3, 0.4) is 0 Å². The number of nitrogens with zero attached hydrogens (tertiary/aromatic N) is 4. The molecule has 0 saturated carbocycles. The summed E-state index contributed by atoms with van der Waals surface area (Å²) in [5, 5.41) is 10.6. The molecule has 0 aliphatic heterocycles. The number of aromatic nitrogens is 2. The van der Waals surface area contributed by atoms with Crippen molar-refractivity contribution >= 4 is 12.1 Å². The van der Waals surface area contributed by atoms with Gasteiger partial charge in [0.1, 0.15) is 5.60 Å². The van der Waals surface area contributed by atoms with Crippen LogP contribution in [0.2, 0.25) is 0 Å². The Labute approximate surface area is 150 Å². The standard InChI is InChI=1S/C17H32N6O2/c1-6-22(16(24)25-17(2,3)4)14-11-20-15(18-5)19-9-7-12-23-13-8-10-21-23/h8,10,13H,6-7,9,11-12,14H2,1-5H3,(H2,18,19,20). The molecule has 8 nitrogen and oxygen atoms in total. The van der Waals surface area contributed by atoms with E-state index >= 15 is 0 Å². The quantitative estimate of drug-likeness (QED) is 0.423. The number of nitrogens with one attached hydrogen (secondary N) is 2. The predicted octanol–water partition coefficient (Wildman–Crippen LogP) is 1.70. The average Bonchev–Trinajstić information content (AvgIpc) is 3.05. The molecule has 1 aromatic rings. The van der Waals surface area contributed by atoms with Gasteiger partial charge in [0, 0.05) is 52.2 Å². The first-order valence-corrected chi connectivity index (χ1v) is 8.75. The SMILES string of the molecule is CCN(CCNC(=NC)NCCCn1cccn1)C(=O)OC(C)(C)C. The minimum Gasteiger partial charge on any atom is -0.444 e. The van der Waals surface area contributed by atoms with Crippen LogP contribution in [0, 0.1) is 0 Å². The van der Waals surface area contributed by atoms with Crippen LogP contribution in [0.1, 0.15) is 34.1 Å². The van der Waals surface area contributed by atoms with Crippen LogP contribution >= 0.6 is 0 Å². The zero-order chi connectivity index (χ0) is 18.7. The first kappa shape index (κ1) is 20.8.